The SMILES string of the molecule is CO[C@@](C(=O)NC[C@@H](O)CN1CN(c2ccc(F)cc2)C2(CCN(Cc3cccc4cccc(C)c34)CC2)C1=O)(c1ccccc1)C(F)(F)F. The molecule has 0 bridgehead atoms. The van der Waals surface area contributed by atoms with Gasteiger partial charge in [-0.05, 0) is 65.9 Å². The van der Waals surface area contributed by atoms with Gasteiger partial charge in [0.05, 0.1) is 19.3 Å². The van der Waals surface area contributed by atoms with Crippen molar-refractivity contribution in [2.75, 3.05) is 44.9 Å². The number of amides is 2. The summed E-state index contributed by atoms with van der Waals surface area (Å²) in [5, 5.41) is 15.6. The highest BCUT2D eigenvalue weighted by molar-refractivity contribution is 5.94. The molecule has 0 aromatic heterocycles. The molecular formula is C38H40F4N4O4. The van der Waals surface area contributed by atoms with Crippen LogP contribution in [0.15, 0.2) is 91.0 Å². The van der Waals surface area contributed by atoms with Crippen LogP contribution in [0.2, 0.25) is 0 Å². The van der Waals surface area contributed by atoms with E-state index in [-0.39, 0.29) is 19.1 Å². The van der Waals surface area contributed by atoms with Gasteiger partial charge in [-0.15, -0.1) is 0 Å². The van der Waals surface area contributed by atoms with Gasteiger partial charge in [0, 0.05) is 44.5 Å². The van der Waals surface area contributed by atoms with Crippen molar-refractivity contribution in [2.24, 2.45) is 0 Å². The second-order valence-corrected chi connectivity index (χ2v) is 13.1. The number of fused-ring (bicyclic) bond motifs is 1. The predicted octanol–water partition coefficient (Wildman–Crippen LogP) is 5.51. The second-order valence-electron chi connectivity index (χ2n) is 13.1. The number of alkyl halides is 3. The Morgan fingerprint density at radius 1 is 0.960 bits per heavy atom. The van der Waals surface area contributed by atoms with Crippen LogP contribution in [-0.4, -0.2) is 84.5 Å². The number of carbonyl (C=O) groups excluding carboxylic acids is 2. The van der Waals surface area contributed by atoms with Crippen LogP contribution < -0.4 is 10.2 Å². The van der Waals surface area contributed by atoms with Crippen molar-refractivity contribution in [3.05, 3.63) is 114 Å². The third kappa shape index (κ3) is 6.43. The maximum atomic E-state index is 14.3. The largest absolute Gasteiger partial charge is 0.430 e. The molecule has 2 aliphatic heterocycles. The molecule has 0 radical (unpaired) electrons. The molecule has 4 aromatic carbocycles. The van der Waals surface area contributed by atoms with Crippen molar-refractivity contribution >= 4 is 28.3 Å². The number of aryl methyl sites for hydroxylation is 1. The normalized spacial score (nSPS) is 18.4. The van der Waals surface area contributed by atoms with Crippen molar-refractivity contribution in [1.82, 2.24) is 15.1 Å². The number of piperidine rings is 1. The van der Waals surface area contributed by atoms with Crippen LogP contribution >= 0.6 is 0 Å². The van der Waals surface area contributed by atoms with E-state index in [1.807, 2.05) is 17.0 Å². The molecule has 12 heteroatoms. The van der Waals surface area contributed by atoms with Crippen molar-refractivity contribution < 1.29 is 37.0 Å². The summed E-state index contributed by atoms with van der Waals surface area (Å²) in [4.78, 5) is 33.0. The van der Waals surface area contributed by atoms with Crippen LogP contribution in [0.3, 0.4) is 0 Å². The molecular weight excluding hydrogens is 652 g/mol. The Morgan fingerprint density at radius 2 is 1.62 bits per heavy atom. The Balaban J connectivity index is 1.17. The van der Waals surface area contributed by atoms with Gasteiger partial charge in [-0.3, -0.25) is 14.5 Å². The first-order valence-electron chi connectivity index (χ1n) is 16.6. The number of carbonyl (C=O) groups is 2. The number of ether oxygens (including phenoxy) is 1. The zero-order valence-corrected chi connectivity index (χ0v) is 27.9. The summed E-state index contributed by atoms with van der Waals surface area (Å²) in [6.45, 7) is 3.29. The number of hydrogen-bond donors (Lipinski definition) is 2. The number of aliphatic hydroxyl groups is 1. The number of nitrogens with zero attached hydrogens (tertiary/aromatic N) is 3. The summed E-state index contributed by atoms with van der Waals surface area (Å²) in [5.41, 5.74) is -1.64. The van der Waals surface area contributed by atoms with Crippen LogP contribution in [0.5, 0.6) is 0 Å². The lowest BCUT2D eigenvalue weighted by atomic mass is 9.85. The first-order valence-corrected chi connectivity index (χ1v) is 16.6. The molecule has 1 spiro atoms. The quantitative estimate of drug-likeness (QED) is 0.214. The first kappa shape index (κ1) is 35.3. The number of anilines is 1. The molecule has 2 atom stereocenters. The van der Waals surface area contributed by atoms with Crippen LogP contribution in [0.25, 0.3) is 10.8 Å². The second kappa shape index (κ2) is 14.0. The molecule has 2 heterocycles. The minimum absolute atomic E-state index is 0.0760. The van der Waals surface area contributed by atoms with E-state index in [9.17, 15) is 32.3 Å². The van der Waals surface area contributed by atoms with Gasteiger partial charge in [-0.1, -0.05) is 66.7 Å². The molecule has 2 fully saturated rings. The zero-order valence-electron chi connectivity index (χ0n) is 27.9. The Morgan fingerprint density at radius 3 is 2.26 bits per heavy atom. The fourth-order valence-electron chi connectivity index (χ4n) is 7.50. The number of β-amino-alcohol motifs (C(OH)–C–C–N with tert-alkyl or cyclic N) is 1. The van der Waals surface area contributed by atoms with Crippen molar-refractivity contribution in [2.45, 2.75) is 49.7 Å². The topological polar surface area (TPSA) is 85.3 Å². The molecule has 6 rings (SSSR count). The Bertz CT molecular complexity index is 1830. The highest BCUT2D eigenvalue weighted by Crippen LogP contribution is 2.43. The number of likely N-dealkylation sites (tertiary alicyclic amines) is 1. The van der Waals surface area contributed by atoms with Crippen molar-refractivity contribution in [3.8, 4) is 0 Å². The van der Waals surface area contributed by atoms with Crippen molar-refractivity contribution in [1.29, 1.82) is 0 Å². The smallest absolute Gasteiger partial charge is 0.389 e. The lowest BCUT2D eigenvalue weighted by Crippen LogP contribution is -2.57. The molecule has 0 unspecified atom stereocenters. The van der Waals surface area contributed by atoms with Crippen LogP contribution in [0, 0.1) is 12.7 Å². The maximum absolute atomic E-state index is 14.3. The average Bonchev–Trinajstić information content (AvgIpc) is 3.35. The van der Waals surface area contributed by atoms with E-state index in [1.54, 1.807) is 12.1 Å². The van der Waals surface area contributed by atoms with E-state index in [0.29, 0.717) is 38.2 Å². The molecule has 264 valence electrons. The molecule has 2 amide bonds. The zero-order chi connectivity index (χ0) is 35.7. The minimum atomic E-state index is -5.10. The van der Waals surface area contributed by atoms with Crippen LogP contribution in [0.1, 0.15) is 29.5 Å². The number of halogens is 4. The molecule has 8 nitrogen and oxygen atoms in total. The lowest BCUT2D eigenvalue weighted by molar-refractivity contribution is -0.265. The van der Waals surface area contributed by atoms with Gasteiger partial charge in [0.15, 0.2) is 0 Å². The van der Waals surface area contributed by atoms with Gasteiger partial charge in [-0.25, -0.2) is 4.39 Å². The highest BCUT2D eigenvalue weighted by Gasteiger charge is 2.62. The fourth-order valence-corrected chi connectivity index (χ4v) is 7.50. The van der Waals surface area contributed by atoms with Crippen LogP contribution in [0.4, 0.5) is 23.2 Å². The summed E-state index contributed by atoms with van der Waals surface area (Å²) >= 11 is 0. The summed E-state index contributed by atoms with van der Waals surface area (Å²) in [7, 11) is 0.803. The molecule has 50 heavy (non-hydrogen) atoms. The molecule has 0 aliphatic carbocycles. The van der Waals surface area contributed by atoms with Gasteiger partial charge in [0.1, 0.15) is 11.4 Å². The standard InChI is InChI=1S/C38H40F4N4O4/c1-26-8-6-9-27-10-7-11-28(33(26)27)23-44-20-18-36(19-21-44)35(49)45(25-46(36)31-16-14-30(39)15-17-31)24-32(47)22-43-34(48)37(50-2,38(40,41)42)29-12-4-3-5-13-29/h3-17,32,47H,18-25H2,1-2H3,(H,43,48)/t32-,37-/m1/s1. The van der Waals surface area contributed by atoms with E-state index in [1.165, 1.54) is 57.1 Å². The minimum Gasteiger partial charge on any atom is -0.389 e. The summed E-state index contributed by atoms with van der Waals surface area (Å²) in [5.74, 6) is -2.14. The van der Waals surface area contributed by atoms with Crippen molar-refractivity contribution in [3.63, 3.8) is 0 Å². The van der Waals surface area contributed by atoms with Gasteiger partial charge in [-0.2, -0.15) is 13.2 Å². The Hall–Kier alpha value is -4.52. The van der Waals surface area contributed by atoms with Gasteiger partial charge in [0.2, 0.25) is 5.91 Å². The number of rotatable bonds is 10. The van der Waals surface area contributed by atoms with Gasteiger partial charge >= 0.3 is 6.18 Å². The Kier molecular flexibility index (Phi) is 9.89. The molecule has 2 N–H and O–H groups in total. The number of methoxy groups -OCH3 is 1. The number of nitrogens with one attached hydrogen (secondary N) is 1. The van der Waals surface area contributed by atoms with E-state index in [4.69, 9.17) is 4.74 Å². The van der Waals surface area contributed by atoms with Gasteiger partial charge in [0.25, 0.3) is 11.5 Å². The molecule has 4 aromatic rings. The first-order chi connectivity index (χ1) is 23.9. The van der Waals surface area contributed by atoms with E-state index in [2.05, 4.69) is 41.4 Å². The molecule has 2 saturated heterocycles. The number of benzene rings is 4. The number of aliphatic hydroxyl groups excluding tert-OH is 1. The monoisotopic (exact) mass is 692 g/mol. The van der Waals surface area contributed by atoms with E-state index < -0.39 is 47.3 Å². The number of hydrogen-bond acceptors (Lipinski definition) is 6. The summed E-state index contributed by atoms with van der Waals surface area (Å²) < 4.78 is 61.8. The maximum Gasteiger partial charge on any atom is 0.430 e. The summed E-state index contributed by atoms with van der Waals surface area (Å²) in [6, 6.07) is 24.9. The molecule has 2 aliphatic rings. The summed E-state index contributed by atoms with van der Waals surface area (Å²) in [6.07, 6.45) is -5.56. The Labute approximate surface area is 288 Å². The predicted molar refractivity (Wildman–Crippen MR) is 182 cm³/mol. The fraction of sp³-hybridized carbons (Fsp3) is 0.368. The highest BCUT2D eigenvalue weighted by atomic mass is 19.4. The molecule has 0 saturated carbocycles. The van der Waals surface area contributed by atoms with E-state index >= 15 is 0 Å². The van der Waals surface area contributed by atoms with E-state index in [0.717, 1.165) is 19.2 Å². The third-order valence-electron chi connectivity index (χ3n) is 10.1. The van der Waals surface area contributed by atoms with Gasteiger partial charge < -0.3 is 25.0 Å². The third-order valence-corrected chi connectivity index (χ3v) is 10.1. The average molecular weight is 693 g/mol. The lowest BCUT2D eigenvalue weighted by Gasteiger charge is -2.43. The van der Waals surface area contributed by atoms with Crippen LogP contribution in [-0.2, 0) is 26.5 Å².